The van der Waals surface area contributed by atoms with Crippen LogP contribution in [0.4, 0.5) is 10.5 Å². The minimum atomic E-state index is -0.318. The minimum Gasteiger partial charge on any atom is -0.466 e. The molecule has 1 N–H and O–H groups in total. The number of anilines is 1. The fourth-order valence-electron chi connectivity index (χ4n) is 4.15. The third-order valence-corrected chi connectivity index (χ3v) is 5.89. The van der Waals surface area contributed by atoms with Crippen LogP contribution in [-0.2, 0) is 20.7 Å². The summed E-state index contributed by atoms with van der Waals surface area (Å²) < 4.78 is 10.2. The first-order chi connectivity index (χ1) is 16.1. The number of rotatable bonds is 6. The van der Waals surface area contributed by atoms with Crippen LogP contribution in [-0.4, -0.2) is 68.8 Å². The molecular formula is C25H29N3O5. The molecule has 2 aromatic rings. The Hall–Kier alpha value is -3.39. The van der Waals surface area contributed by atoms with Crippen LogP contribution in [0.25, 0.3) is 11.1 Å². The molecule has 174 valence electrons. The van der Waals surface area contributed by atoms with Crippen LogP contribution >= 0.6 is 0 Å². The molecule has 0 spiro atoms. The van der Waals surface area contributed by atoms with E-state index in [2.05, 4.69) is 11.4 Å². The number of carbonyl (C=O) groups is 3. The smallest absolute Gasteiger partial charge is 0.321 e. The number of urea groups is 1. The van der Waals surface area contributed by atoms with Crippen molar-refractivity contribution >= 4 is 23.6 Å². The summed E-state index contributed by atoms with van der Waals surface area (Å²) in [6.07, 6.45) is 0.922. The molecule has 2 heterocycles. The Morgan fingerprint density at radius 2 is 1.73 bits per heavy atom. The number of esters is 1. The van der Waals surface area contributed by atoms with Crippen molar-refractivity contribution in [1.29, 1.82) is 0 Å². The number of hydrogen-bond acceptors (Lipinski definition) is 5. The number of ether oxygens (including phenoxy) is 2. The number of carbonyl (C=O) groups excluding carboxylic acids is 3. The summed E-state index contributed by atoms with van der Waals surface area (Å²) in [5.41, 5.74) is 4.72. The van der Waals surface area contributed by atoms with Crippen molar-refractivity contribution in [2.45, 2.75) is 19.8 Å². The molecule has 4 rings (SSSR count). The second kappa shape index (κ2) is 10.5. The van der Waals surface area contributed by atoms with E-state index in [0.29, 0.717) is 45.0 Å². The van der Waals surface area contributed by atoms with E-state index in [1.807, 2.05) is 41.3 Å². The van der Waals surface area contributed by atoms with Crippen molar-refractivity contribution in [2.24, 2.45) is 0 Å². The normalized spacial score (nSPS) is 15.2. The van der Waals surface area contributed by atoms with Crippen molar-refractivity contribution in [3.63, 3.8) is 0 Å². The van der Waals surface area contributed by atoms with Gasteiger partial charge in [0.1, 0.15) is 0 Å². The van der Waals surface area contributed by atoms with Crippen molar-refractivity contribution in [2.75, 3.05) is 50.9 Å². The van der Waals surface area contributed by atoms with Crippen LogP contribution in [0.15, 0.2) is 42.5 Å². The third kappa shape index (κ3) is 5.34. The molecule has 0 unspecified atom stereocenters. The molecular weight excluding hydrogens is 422 g/mol. The average molecular weight is 452 g/mol. The van der Waals surface area contributed by atoms with Gasteiger partial charge in [-0.1, -0.05) is 18.2 Å². The zero-order chi connectivity index (χ0) is 23.2. The van der Waals surface area contributed by atoms with E-state index in [-0.39, 0.29) is 30.9 Å². The molecule has 2 aromatic carbocycles. The Morgan fingerprint density at radius 1 is 1.00 bits per heavy atom. The van der Waals surface area contributed by atoms with E-state index in [9.17, 15) is 14.4 Å². The Labute approximate surface area is 193 Å². The fourth-order valence-corrected chi connectivity index (χ4v) is 4.15. The van der Waals surface area contributed by atoms with Gasteiger partial charge in [-0.3, -0.25) is 14.5 Å². The molecule has 0 bridgehead atoms. The van der Waals surface area contributed by atoms with Gasteiger partial charge in [-0.25, -0.2) is 4.79 Å². The predicted molar refractivity (Wildman–Crippen MR) is 124 cm³/mol. The lowest BCUT2D eigenvalue weighted by molar-refractivity contribution is -0.142. The van der Waals surface area contributed by atoms with E-state index in [0.717, 1.165) is 28.8 Å². The van der Waals surface area contributed by atoms with E-state index in [4.69, 9.17) is 9.47 Å². The highest BCUT2D eigenvalue weighted by molar-refractivity contribution is 5.96. The van der Waals surface area contributed by atoms with Crippen molar-refractivity contribution in [1.82, 2.24) is 10.2 Å². The first-order valence-corrected chi connectivity index (χ1v) is 11.4. The van der Waals surface area contributed by atoms with Gasteiger partial charge in [-0.2, -0.15) is 0 Å². The number of fused-ring (bicyclic) bond motifs is 1. The van der Waals surface area contributed by atoms with Gasteiger partial charge in [0.2, 0.25) is 0 Å². The monoisotopic (exact) mass is 451 g/mol. The summed E-state index contributed by atoms with van der Waals surface area (Å²) >= 11 is 0. The first kappa shape index (κ1) is 22.8. The second-order valence-corrected chi connectivity index (χ2v) is 8.01. The molecule has 0 atom stereocenters. The fraction of sp³-hybridized carbons (Fsp3) is 0.400. The summed E-state index contributed by atoms with van der Waals surface area (Å²) in [7, 11) is 0. The van der Waals surface area contributed by atoms with Gasteiger partial charge in [-0.05, 0) is 54.3 Å². The molecule has 0 saturated carbocycles. The number of morpholine rings is 1. The van der Waals surface area contributed by atoms with E-state index >= 15 is 0 Å². The van der Waals surface area contributed by atoms with Crippen molar-refractivity contribution < 1.29 is 23.9 Å². The summed E-state index contributed by atoms with van der Waals surface area (Å²) in [6.45, 7) is 5.34. The van der Waals surface area contributed by atoms with Gasteiger partial charge in [0.05, 0.1) is 26.2 Å². The number of nitrogens with zero attached hydrogens (tertiary/aromatic N) is 2. The van der Waals surface area contributed by atoms with E-state index in [1.54, 1.807) is 11.8 Å². The van der Waals surface area contributed by atoms with Crippen molar-refractivity contribution in [3.05, 3.63) is 53.6 Å². The highest BCUT2D eigenvalue weighted by Crippen LogP contribution is 2.32. The van der Waals surface area contributed by atoms with Gasteiger partial charge in [-0.15, -0.1) is 0 Å². The Morgan fingerprint density at radius 3 is 2.45 bits per heavy atom. The highest BCUT2D eigenvalue weighted by Gasteiger charge is 2.25. The quantitative estimate of drug-likeness (QED) is 0.683. The third-order valence-electron chi connectivity index (χ3n) is 5.89. The summed E-state index contributed by atoms with van der Waals surface area (Å²) in [5.74, 6) is -0.287. The van der Waals surface area contributed by atoms with Crippen LogP contribution in [0.1, 0.15) is 29.3 Å². The zero-order valence-corrected chi connectivity index (χ0v) is 18.8. The number of benzene rings is 2. The van der Waals surface area contributed by atoms with Crippen LogP contribution in [0, 0.1) is 0 Å². The number of hydrogen-bond donors (Lipinski definition) is 1. The second-order valence-electron chi connectivity index (χ2n) is 8.01. The predicted octanol–water partition coefficient (Wildman–Crippen LogP) is 2.85. The molecule has 2 aliphatic heterocycles. The molecule has 0 aromatic heterocycles. The molecule has 0 radical (unpaired) electrons. The summed E-state index contributed by atoms with van der Waals surface area (Å²) in [4.78, 5) is 40.2. The first-order valence-electron chi connectivity index (χ1n) is 11.4. The maximum atomic E-state index is 12.6. The molecule has 8 heteroatoms. The van der Waals surface area contributed by atoms with E-state index in [1.165, 1.54) is 0 Å². The van der Waals surface area contributed by atoms with Gasteiger partial charge in [0.25, 0.3) is 5.91 Å². The van der Waals surface area contributed by atoms with Gasteiger partial charge in [0, 0.05) is 37.4 Å². The Bertz CT molecular complexity index is 1020. The van der Waals surface area contributed by atoms with Crippen LogP contribution < -0.4 is 10.2 Å². The van der Waals surface area contributed by atoms with Crippen molar-refractivity contribution in [3.8, 4) is 11.1 Å². The molecule has 0 aliphatic carbocycles. The zero-order valence-electron chi connectivity index (χ0n) is 18.8. The summed E-state index contributed by atoms with van der Waals surface area (Å²) in [5, 5.41) is 2.79. The Kier molecular flexibility index (Phi) is 7.24. The van der Waals surface area contributed by atoms with Gasteiger partial charge >= 0.3 is 12.0 Å². The molecule has 33 heavy (non-hydrogen) atoms. The Balaban J connectivity index is 1.39. The maximum absolute atomic E-state index is 12.6. The number of amides is 3. The SMILES string of the molecule is CCOC(=O)CCNC(=O)N1CCc2cc(-c3ccc(C(=O)N4CCOCC4)cc3)ccc21. The van der Waals surface area contributed by atoms with Crippen LogP contribution in [0.2, 0.25) is 0 Å². The largest absolute Gasteiger partial charge is 0.466 e. The van der Waals surface area contributed by atoms with Gasteiger partial charge < -0.3 is 19.7 Å². The molecule has 1 fully saturated rings. The van der Waals surface area contributed by atoms with Gasteiger partial charge in [0.15, 0.2) is 0 Å². The lowest BCUT2D eigenvalue weighted by Crippen LogP contribution is -2.40. The molecule has 8 nitrogen and oxygen atoms in total. The topological polar surface area (TPSA) is 88.2 Å². The molecule has 3 amide bonds. The van der Waals surface area contributed by atoms with Crippen LogP contribution in [0.3, 0.4) is 0 Å². The maximum Gasteiger partial charge on any atom is 0.321 e. The molecule has 2 aliphatic rings. The lowest BCUT2D eigenvalue weighted by Gasteiger charge is -2.26. The van der Waals surface area contributed by atoms with Crippen LogP contribution in [0.5, 0.6) is 0 Å². The molecule has 1 saturated heterocycles. The highest BCUT2D eigenvalue weighted by atomic mass is 16.5. The average Bonchev–Trinajstić information content (AvgIpc) is 3.28. The van der Waals surface area contributed by atoms with E-state index < -0.39 is 0 Å². The standard InChI is InChI=1S/C25H29N3O5/c1-2-33-23(29)9-11-26-25(31)28-12-10-21-17-20(7-8-22(21)28)18-3-5-19(6-4-18)24(30)27-13-15-32-16-14-27/h3-8,17H,2,9-16H2,1H3,(H,26,31). The minimum absolute atomic E-state index is 0.0309. The summed E-state index contributed by atoms with van der Waals surface area (Å²) in [6, 6.07) is 13.5. The lowest BCUT2D eigenvalue weighted by atomic mass is 10.0. The number of nitrogens with one attached hydrogen (secondary N) is 1.